The Bertz CT molecular complexity index is 618. The molecule has 0 saturated carbocycles. The lowest BCUT2D eigenvalue weighted by molar-refractivity contribution is 0.0939. The fourth-order valence-corrected chi connectivity index (χ4v) is 3.91. The van der Waals surface area contributed by atoms with Crippen molar-refractivity contribution in [3.63, 3.8) is 0 Å². The molecule has 1 atom stereocenters. The van der Waals surface area contributed by atoms with E-state index < -0.39 is 0 Å². The molecule has 1 unspecified atom stereocenters. The molecule has 0 aliphatic carbocycles. The molecule has 1 aromatic rings. The second kappa shape index (κ2) is 8.13. The van der Waals surface area contributed by atoms with Crippen molar-refractivity contribution in [3.05, 3.63) is 17.1 Å². The molecule has 6 heteroatoms. The summed E-state index contributed by atoms with van der Waals surface area (Å²) >= 11 is 0. The largest absolute Gasteiger partial charge is 0.396 e. The molecule has 0 spiro atoms. The average molecular weight is 346 g/mol. The van der Waals surface area contributed by atoms with Crippen molar-refractivity contribution in [1.29, 1.82) is 0 Å². The first-order valence-corrected chi connectivity index (χ1v) is 9.62. The van der Waals surface area contributed by atoms with Gasteiger partial charge in [0, 0.05) is 38.2 Å². The highest BCUT2D eigenvalue weighted by Crippen LogP contribution is 2.30. The standard InChI is InChI=1S/C19H30N4O2/c1-13(2)11-16-21-17-15(7-8-20-19(17)25)18(22-16)23-9-3-5-14(12-23)6-4-10-24/h13-14,24H,3-12H2,1-2H3,(H,20,25). The summed E-state index contributed by atoms with van der Waals surface area (Å²) in [7, 11) is 0. The van der Waals surface area contributed by atoms with Gasteiger partial charge in [-0.05, 0) is 43.9 Å². The lowest BCUT2D eigenvalue weighted by atomic mass is 9.93. The lowest BCUT2D eigenvalue weighted by Gasteiger charge is -2.35. The average Bonchev–Trinajstić information content (AvgIpc) is 2.60. The number of hydrogen-bond acceptors (Lipinski definition) is 5. The van der Waals surface area contributed by atoms with E-state index in [1.807, 2.05) is 0 Å². The molecule has 1 aromatic heterocycles. The lowest BCUT2D eigenvalue weighted by Crippen LogP contribution is -2.40. The number of aromatic nitrogens is 2. The van der Waals surface area contributed by atoms with Crippen LogP contribution in [0.3, 0.4) is 0 Å². The number of piperidine rings is 1. The summed E-state index contributed by atoms with van der Waals surface area (Å²) < 4.78 is 0. The predicted octanol–water partition coefficient (Wildman–Crippen LogP) is 1.95. The SMILES string of the molecule is CC(C)Cc1nc2c(c(N3CCCC(CCCO)C3)n1)CCNC2=O. The van der Waals surface area contributed by atoms with Gasteiger partial charge in [-0.1, -0.05) is 13.8 Å². The molecule has 3 heterocycles. The van der Waals surface area contributed by atoms with Gasteiger partial charge in [0.05, 0.1) is 0 Å². The van der Waals surface area contributed by atoms with E-state index in [9.17, 15) is 4.79 Å². The fourth-order valence-electron chi connectivity index (χ4n) is 3.91. The number of aliphatic hydroxyl groups is 1. The van der Waals surface area contributed by atoms with Crippen molar-refractivity contribution in [3.8, 4) is 0 Å². The van der Waals surface area contributed by atoms with E-state index in [-0.39, 0.29) is 12.5 Å². The fraction of sp³-hybridized carbons (Fsp3) is 0.737. The van der Waals surface area contributed by atoms with Gasteiger partial charge in [0.2, 0.25) is 0 Å². The molecule has 2 aliphatic heterocycles. The molecule has 1 saturated heterocycles. The summed E-state index contributed by atoms with van der Waals surface area (Å²) in [5.74, 6) is 2.74. The number of rotatable bonds is 6. The number of carbonyl (C=O) groups excluding carboxylic acids is 1. The van der Waals surface area contributed by atoms with E-state index in [4.69, 9.17) is 10.1 Å². The number of hydrogen-bond donors (Lipinski definition) is 2. The van der Waals surface area contributed by atoms with Crippen LogP contribution < -0.4 is 10.2 Å². The smallest absolute Gasteiger partial charge is 0.270 e. The number of anilines is 1. The zero-order valence-corrected chi connectivity index (χ0v) is 15.4. The Morgan fingerprint density at radius 2 is 2.20 bits per heavy atom. The molecule has 0 aromatic carbocycles. The highest BCUT2D eigenvalue weighted by Gasteiger charge is 2.29. The van der Waals surface area contributed by atoms with Gasteiger partial charge >= 0.3 is 0 Å². The van der Waals surface area contributed by atoms with Crippen LogP contribution in [-0.4, -0.2) is 47.2 Å². The molecule has 3 rings (SSSR count). The summed E-state index contributed by atoms with van der Waals surface area (Å²) in [6.45, 7) is 7.17. The molecule has 1 fully saturated rings. The minimum absolute atomic E-state index is 0.0660. The molecule has 1 amide bonds. The molecule has 25 heavy (non-hydrogen) atoms. The van der Waals surface area contributed by atoms with Crippen molar-refractivity contribution >= 4 is 11.7 Å². The van der Waals surface area contributed by atoms with E-state index in [1.54, 1.807) is 0 Å². The number of carbonyl (C=O) groups is 1. The number of nitrogens with one attached hydrogen (secondary N) is 1. The number of fused-ring (bicyclic) bond motifs is 1. The molecule has 6 nitrogen and oxygen atoms in total. The molecule has 0 radical (unpaired) electrons. The van der Waals surface area contributed by atoms with E-state index in [0.717, 1.165) is 62.4 Å². The van der Waals surface area contributed by atoms with Crippen molar-refractivity contribution in [1.82, 2.24) is 15.3 Å². The van der Waals surface area contributed by atoms with Crippen molar-refractivity contribution in [2.45, 2.75) is 52.4 Å². The number of amides is 1. The van der Waals surface area contributed by atoms with Crippen LogP contribution in [0.1, 0.15) is 61.4 Å². The van der Waals surface area contributed by atoms with Gasteiger partial charge in [0.15, 0.2) is 0 Å². The topological polar surface area (TPSA) is 78.3 Å². The maximum absolute atomic E-state index is 12.3. The first-order valence-electron chi connectivity index (χ1n) is 9.62. The predicted molar refractivity (Wildman–Crippen MR) is 97.9 cm³/mol. The third kappa shape index (κ3) is 4.29. The monoisotopic (exact) mass is 346 g/mol. The van der Waals surface area contributed by atoms with Gasteiger partial charge in [0.1, 0.15) is 17.3 Å². The van der Waals surface area contributed by atoms with E-state index >= 15 is 0 Å². The number of nitrogens with zero attached hydrogens (tertiary/aromatic N) is 3. The maximum atomic E-state index is 12.3. The van der Waals surface area contributed by atoms with Crippen molar-refractivity contribution in [2.75, 3.05) is 31.1 Å². The van der Waals surface area contributed by atoms with Gasteiger partial charge in [-0.25, -0.2) is 9.97 Å². The van der Waals surface area contributed by atoms with Crippen molar-refractivity contribution < 1.29 is 9.90 Å². The summed E-state index contributed by atoms with van der Waals surface area (Å²) in [5, 5.41) is 12.0. The molecule has 2 N–H and O–H groups in total. The first kappa shape index (κ1) is 18.1. The van der Waals surface area contributed by atoms with Crippen LogP contribution in [0.5, 0.6) is 0 Å². The van der Waals surface area contributed by atoms with Gasteiger partial charge < -0.3 is 15.3 Å². The van der Waals surface area contributed by atoms with E-state index in [2.05, 4.69) is 29.0 Å². The normalized spacial score (nSPS) is 20.6. The van der Waals surface area contributed by atoms with Gasteiger partial charge in [-0.2, -0.15) is 0 Å². The highest BCUT2D eigenvalue weighted by atomic mass is 16.2. The van der Waals surface area contributed by atoms with Crippen LogP contribution in [0, 0.1) is 11.8 Å². The van der Waals surface area contributed by atoms with Crippen LogP contribution in [0.15, 0.2) is 0 Å². The van der Waals surface area contributed by atoms with Crippen LogP contribution in [0.4, 0.5) is 5.82 Å². The first-order chi connectivity index (χ1) is 12.1. The second-order valence-electron chi connectivity index (χ2n) is 7.71. The van der Waals surface area contributed by atoms with E-state index in [1.165, 1.54) is 6.42 Å². The zero-order valence-electron chi connectivity index (χ0n) is 15.4. The molecule has 2 aliphatic rings. The zero-order chi connectivity index (χ0) is 17.8. The molecule has 0 bridgehead atoms. The van der Waals surface area contributed by atoms with E-state index in [0.29, 0.717) is 24.1 Å². The van der Waals surface area contributed by atoms with Crippen molar-refractivity contribution in [2.24, 2.45) is 11.8 Å². The van der Waals surface area contributed by atoms with Crippen LogP contribution in [0.2, 0.25) is 0 Å². The van der Waals surface area contributed by atoms with Gasteiger partial charge in [0.25, 0.3) is 5.91 Å². The highest BCUT2D eigenvalue weighted by molar-refractivity contribution is 5.96. The Hall–Kier alpha value is -1.69. The minimum Gasteiger partial charge on any atom is -0.396 e. The minimum atomic E-state index is -0.0660. The van der Waals surface area contributed by atoms with Crippen LogP contribution in [0.25, 0.3) is 0 Å². The summed E-state index contributed by atoms with van der Waals surface area (Å²) in [6, 6.07) is 0. The quantitative estimate of drug-likeness (QED) is 0.823. The van der Waals surface area contributed by atoms with Crippen LogP contribution >= 0.6 is 0 Å². The second-order valence-corrected chi connectivity index (χ2v) is 7.71. The maximum Gasteiger partial charge on any atom is 0.270 e. The van der Waals surface area contributed by atoms with Crippen LogP contribution in [-0.2, 0) is 12.8 Å². The molecular weight excluding hydrogens is 316 g/mol. The third-order valence-corrected chi connectivity index (χ3v) is 5.09. The Morgan fingerprint density at radius 1 is 1.36 bits per heavy atom. The summed E-state index contributed by atoms with van der Waals surface area (Å²) in [4.78, 5) is 24.1. The molecular formula is C19H30N4O2. The van der Waals surface area contributed by atoms with Gasteiger partial charge in [-0.15, -0.1) is 0 Å². The Morgan fingerprint density at radius 3 is 2.96 bits per heavy atom. The molecule has 138 valence electrons. The summed E-state index contributed by atoms with van der Waals surface area (Å²) in [6.07, 6.45) is 5.86. The Balaban J connectivity index is 1.90. The number of aliphatic hydroxyl groups excluding tert-OH is 1. The Labute approximate surface area is 150 Å². The van der Waals surface area contributed by atoms with Gasteiger partial charge in [-0.3, -0.25) is 4.79 Å². The third-order valence-electron chi connectivity index (χ3n) is 5.09. The Kier molecular flexibility index (Phi) is 5.89. The summed E-state index contributed by atoms with van der Waals surface area (Å²) in [5.41, 5.74) is 1.59.